The Kier molecular flexibility index (Phi) is 8.26. The van der Waals surface area contributed by atoms with E-state index >= 15 is 0 Å². The topological polar surface area (TPSA) is 76.7 Å². The second-order valence-electron chi connectivity index (χ2n) is 7.74. The number of rotatable bonds is 9. The number of amides is 2. The molecule has 0 bridgehead atoms. The maximum atomic E-state index is 12.7. The van der Waals surface area contributed by atoms with Crippen LogP contribution in [0.5, 0.6) is 11.5 Å². The predicted octanol–water partition coefficient (Wildman–Crippen LogP) is 4.77. The highest BCUT2D eigenvalue weighted by Crippen LogP contribution is 2.19. The second kappa shape index (κ2) is 11.6. The molecule has 0 fully saturated rings. The molecule has 3 rings (SSSR count). The first-order chi connectivity index (χ1) is 15.5. The smallest absolute Gasteiger partial charge is 0.273 e. The SMILES string of the molecule is CC(C)CCOc1cccc(C(=O)NNC(=O)c2ccccc2OCc2ccccc2)c1. The van der Waals surface area contributed by atoms with Crippen molar-refractivity contribution in [3.8, 4) is 11.5 Å². The monoisotopic (exact) mass is 432 g/mol. The normalized spacial score (nSPS) is 10.5. The van der Waals surface area contributed by atoms with Crippen molar-refractivity contribution in [1.82, 2.24) is 10.9 Å². The Balaban J connectivity index is 1.57. The minimum atomic E-state index is -0.466. The molecule has 0 radical (unpaired) electrons. The highest BCUT2D eigenvalue weighted by Gasteiger charge is 2.14. The lowest BCUT2D eigenvalue weighted by Gasteiger charge is -2.13. The molecular formula is C26H28N2O4. The lowest BCUT2D eigenvalue weighted by atomic mass is 10.1. The van der Waals surface area contributed by atoms with Crippen molar-refractivity contribution < 1.29 is 19.1 Å². The fraction of sp³-hybridized carbons (Fsp3) is 0.231. The summed E-state index contributed by atoms with van der Waals surface area (Å²) in [5, 5.41) is 0. The van der Waals surface area contributed by atoms with Gasteiger partial charge in [0.25, 0.3) is 11.8 Å². The highest BCUT2D eigenvalue weighted by atomic mass is 16.5. The maximum Gasteiger partial charge on any atom is 0.273 e. The fourth-order valence-electron chi connectivity index (χ4n) is 2.91. The van der Waals surface area contributed by atoms with Gasteiger partial charge in [0, 0.05) is 5.56 Å². The van der Waals surface area contributed by atoms with Crippen molar-refractivity contribution in [3.05, 3.63) is 95.6 Å². The predicted molar refractivity (Wildman–Crippen MR) is 124 cm³/mol. The Morgan fingerprint density at radius 3 is 2.31 bits per heavy atom. The van der Waals surface area contributed by atoms with Crippen LogP contribution in [-0.4, -0.2) is 18.4 Å². The molecule has 0 aliphatic heterocycles. The zero-order valence-electron chi connectivity index (χ0n) is 18.3. The van der Waals surface area contributed by atoms with Gasteiger partial charge >= 0.3 is 0 Å². The molecule has 6 nitrogen and oxygen atoms in total. The van der Waals surface area contributed by atoms with Crippen molar-refractivity contribution in [2.24, 2.45) is 5.92 Å². The molecule has 0 aromatic heterocycles. The number of carbonyl (C=O) groups excluding carboxylic acids is 2. The van der Waals surface area contributed by atoms with Crippen LogP contribution in [0.1, 0.15) is 46.5 Å². The van der Waals surface area contributed by atoms with Crippen LogP contribution < -0.4 is 20.3 Å². The van der Waals surface area contributed by atoms with Crippen LogP contribution in [0.3, 0.4) is 0 Å². The molecule has 0 spiro atoms. The van der Waals surface area contributed by atoms with Gasteiger partial charge in [0.1, 0.15) is 18.1 Å². The second-order valence-corrected chi connectivity index (χ2v) is 7.74. The molecule has 0 unspecified atom stereocenters. The summed E-state index contributed by atoms with van der Waals surface area (Å²) in [7, 11) is 0. The van der Waals surface area contributed by atoms with Gasteiger partial charge in [-0.15, -0.1) is 0 Å². The van der Waals surface area contributed by atoms with E-state index in [0.717, 1.165) is 12.0 Å². The lowest BCUT2D eigenvalue weighted by molar-refractivity contribution is 0.0844. The van der Waals surface area contributed by atoms with Gasteiger partial charge in [0.15, 0.2) is 0 Å². The van der Waals surface area contributed by atoms with E-state index in [1.165, 1.54) is 0 Å². The summed E-state index contributed by atoms with van der Waals surface area (Å²) in [6.07, 6.45) is 0.929. The molecule has 2 amide bonds. The molecule has 3 aromatic rings. The molecule has 2 N–H and O–H groups in total. The minimum Gasteiger partial charge on any atom is -0.494 e. The van der Waals surface area contributed by atoms with Crippen LogP contribution in [0.15, 0.2) is 78.9 Å². The first-order valence-electron chi connectivity index (χ1n) is 10.6. The van der Waals surface area contributed by atoms with E-state index in [4.69, 9.17) is 9.47 Å². The molecule has 3 aromatic carbocycles. The molecular weight excluding hydrogens is 404 g/mol. The van der Waals surface area contributed by atoms with Gasteiger partial charge in [0.2, 0.25) is 0 Å². The molecule has 0 atom stereocenters. The number of carbonyl (C=O) groups is 2. The third-order valence-corrected chi connectivity index (χ3v) is 4.72. The quantitative estimate of drug-likeness (QED) is 0.478. The summed E-state index contributed by atoms with van der Waals surface area (Å²) in [5.74, 6) is 0.686. The van der Waals surface area contributed by atoms with E-state index in [9.17, 15) is 9.59 Å². The number of hydrogen-bond acceptors (Lipinski definition) is 4. The number of hydrazine groups is 1. The molecule has 0 aliphatic rings. The van der Waals surface area contributed by atoms with Gasteiger partial charge in [-0.3, -0.25) is 20.4 Å². The zero-order valence-corrected chi connectivity index (χ0v) is 18.3. The zero-order chi connectivity index (χ0) is 22.8. The van der Waals surface area contributed by atoms with Crippen molar-refractivity contribution in [2.75, 3.05) is 6.61 Å². The van der Waals surface area contributed by atoms with Crippen molar-refractivity contribution in [3.63, 3.8) is 0 Å². The van der Waals surface area contributed by atoms with E-state index in [2.05, 4.69) is 24.7 Å². The fourth-order valence-corrected chi connectivity index (χ4v) is 2.91. The molecule has 0 heterocycles. The molecule has 166 valence electrons. The third kappa shape index (κ3) is 6.87. The van der Waals surface area contributed by atoms with Gasteiger partial charge in [-0.05, 0) is 48.2 Å². The van der Waals surface area contributed by atoms with Crippen LogP contribution in [-0.2, 0) is 6.61 Å². The Labute approximate surface area is 188 Å². The van der Waals surface area contributed by atoms with Crippen LogP contribution >= 0.6 is 0 Å². The molecule has 0 saturated carbocycles. The van der Waals surface area contributed by atoms with Crippen LogP contribution in [0.4, 0.5) is 0 Å². The van der Waals surface area contributed by atoms with Crippen LogP contribution in [0.25, 0.3) is 0 Å². The number of nitrogens with one attached hydrogen (secondary N) is 2. The number of benzene rings is 3. The molecule has 6 heteroatoms. The largest absolute Gasteiger partial charge is 0.494 e. The van der Waals surface area contributed by atoms with E-state index in [0.29, 0.717) is 41.8 Å². The van der Waals surface area contributed by atoms with Crippen molar-refractivity contribution in [1.29, 1.82) is 0 Å². The Morgan fingerprint density at radius 1 is 0.812 bits per heavy atom. The van der Waals surface area contributed by atoms with Crippen molar-refractivity contribution in [2.45, 2.75) is 26.9 Å². The number of ether oxygens (including phenoxy) is 2. The van der Waals surface area contributed by atoms with E-state index in [1.807, 2.05) is 30.3 Å². The lowest BCUT2D eigenvalue weighted by Crippen LogP contribution is -2.41. The van der Waals surface area contributed by atoms with Crippen LogP contribution in [0.2, 0.25) is 0 Å². The molecule has 0 saturated heterocycles. The maximum absolute atomic E-state index is 12.7. The summed E-state index contributed by atoms with van der Waals surface area (Å²) in [6.45, 7) is 5.17. The standard InChI is InChI=1S/C26H28N2O4/c1-19(2)15-16-31-22-12-8-11-21(17-22)25(29)27-28-26(30)23-13-6-7-14-24(23)32-18-20-9-4-3-5-10-20/h3-14,17,19H,15-16,18H2,1-2H3,(H,27,29)(H,28,30). The minimum absolute atomic E-state index is 0.328. The van der Waals surface area contributed by atoms with Gasteiger partial charge in [-0.2, -0.15) is 0 Å². The Morgan fingerprint density at radius 2 is 1.53 bits per heavy atom. The number of para-hydroxylation sites is 1. The first kappa shape index (κ1) is 22.9. The summed E-state index contributed by atoms with van der Waals surface area (Å²) < 4.78 is 11.5. The molecule has 0 aliphatic carbocycles. The average Bonchev–Trinajstić information content (AvgIpc) is 2.82. The first-order valence-corrected chi connectivity index (χ1v) is 10.6. The van der Waals surface area contributed by atoms with E-state index in [1.54, 1.807) is 48.5 Å². The summed E-state index contributed by atoms with van der Waals surface area (Å²) in [6, 6.07) is 23.4. The Hall–Kier alpha value is -3.80. The van der Waals surface area contributed by atoms with Gasteiger partial charge < -0.3 is 9.47 Å². The van der Waals surface area contributed by atoms with Gasteiger partial charge in [-0.1, -0.05) is 62.4 Å². The van der Waals surface area contributed by atoms with Gasteiger partial charge in [0.05, 0.1) is 12.2 Å². The summed E-state index contributed by atoms with van der Waals surface area (Å²) in [5.41, 5.74) is 6.61. The Bertz CT molecular complexity index is 1030. The van der Waals surface area contributed by atoms with E-state index in [-0.39, 0.29) is 0 Å². The van der Waals surface area contributed by atoms with Gasteiger partial charge in [-0.25, -0.2) is 0 Å². The van der Waals surface area contributed by atoms with E-state index < -0.39 is 11.8 Å². The highest BCUT2D eigenvalue weighted by molar-refractivity contribution is 6.00. The molecule has 32 heavy (non-hydrogen) atoms. The third-order valence-electron chi connectivity index (χ3n) is 4.72. The number of hydrogen-bond donors (Lipinski definition) is 2. The summed E-state index contributed by atoms with van der Waals surface area (Å²) in [4.78, 5) is 25.2. The van der Waals surface area contributed by atoms with Crippen molar-refractivity contribution >= 4 is 11.8 Å². The summed E-state index contributed by atoms with van der Waals surface area (Å²) >= 11 is 0. The van der Waals surface area contributed by atoms with Crippen LogP contribution in [0, 0.1) is 5.92 Å². The average molecular weight is 433 g/mol.